The molecule has 0 spiro atoms. The molecule has 0 saturated heterocycles. The van der Waals surface area contributed by atoms with E-state index in [0.717, 1.165) is 5.69 Å². The van der Waals surface area contributed by atoms with Gasteiger partial charge in [0.2, 0.25) is 5.88 Å². The van der Waals surface area contributed by atoms with E-state index >= 15 is 0 Å². The summed E-state index contributed by atoms with van der Waals surface area (Å²) in [5.74, 6) is -0.213. The molecule has 0 aliphatic carbocycles. The van der Waals surface area contributed by atoms with Crippen LogP contribution in [0.4, 0.5) is 0 Å². The number of aliphatic carboxylic acids is 1. The van der Waals surface area contributed by atoms with Crippen LogP contribution >= 0.6 is 0 Å². The fourth-order valence-corrected chi connectivity index (χ4v) is 1.30. The fourth-order valence-electron chi connectivity index (χ4n) is 1.30. The molecule has 1 rings (SSSR count). The molecule has 88 valence electrons. The second-order valence-electron chi connectivity index (χ2n) is 3.55. The van der Waals surface area contributed by atoms with Gasteiger partial charge < -0.3 is 9.84 Å². The van der Waals surface area contributed by atoms with Gasteiger partial charge in [-0.2, -0.15) is 0 Å². The highest BCUT2D eigenvalue weighted by atomic mass is 16.5. The molecule has 0 fully saturated rings. The summed E-state index contributed by atoms with van der Waals surface area (Å²) >= 11 is 0. The quantitative estimate of drug-likeness (QED) is 0.781. The van der Waals surface area contributed by atoms with E-state index in [0.29, 0.717) is 19.0 Å². The summed E-state index contributed by atoms with van der Waals surface area (Å²) in [4.78, 5) is 16.6. The normalized spacial score (nSPS) is 10.4. The van der Waals surface area contributed by atoms with Crippen LogP contribution in [0.3, 0.4) is 0 Å². The Labute approximate surface area is 94.7 Å². The SMILES string of the molecule is COc1cccc(CN(C)CCC(=O)O)n1. The Morgan fingerprint density at radius 2 is 2.31 bits per heavy atom. The summed E-state index contributed by atoms with van der Waals surface area (Å²) in [7, 11) is 3.43. The number of methoxy groups -OCH3 is 1. The maximum atomic E-state index is 10.4. The van der Waals surface area contributed by atoms with Gasteiger partial charge in [-0.15, -0.1) is 0 Å². The third-order valence-corrected chi connectivity index (χ3v) is 2.13. The van der Waals surface area contributed by atoms with E-state index in [1.165, 1.54) is 0 Å². The summed E-state index contributed by atoms with van der Waals surface area (Å²) in [5, 5.41) is 8.55. The van der Waals surface area contributed by atoms with E-state index in [2.05, 4.69) is 4.98 Å². The number of hydrogen-bond donors (Lipinski definition) is 1. The number of carboxylic acids is 1. The van der Waals surface area contributed by atoms with Gasteiger partial charge in [0, 0.05) is 19.2 Å². The zero-order valence-electron chi connectivity index (χ0n) is 9.51. The van der Waals surface area contributed by atoms with Gasteiger partial charge in [-0.1, -0.05) is 6.07 Å². The van der Waals surface area contributed by atoms with Crippen molar-refractivity contribution < 1.29 is 14.6 Å². The first-order chi connectivity index (χ1) is 7.61. The lowest BCUT2D eigenvalue weighted by atomic mass is 10.3. The highest BCUT2D eigenvalue weighted by Gasteiger charge is 2.05. The van der Waals surface area contributed by atoms with Crippen molar-refractivity contribution >= 4 is 5.97 Å². The molecular weight excluding hydrogens is 208 g/mol. The fraction of sp³-hybridized carbons (Fsp3) is 0.455. The summed E-state index contributed by atoms with van der Waals surface area (Å²) in [6.45, 7) is 1.12. The van der Waals surface area contributed by atoms with Gasteiger partial charge in [-0.25, -0.2) is 4.98 Å². The number of ether oxygens (including phenoxy) is 1. The van der Waals surface area contributed by atoms with Crippen LogP contribution in [0.2, 0.25) is 0 Å². The second kappa shape index (κ2) is 6.07. The van der Waals surface area contributed by atoms with Gasteiger partial charge in [0.05, 0.1) is 19.2 Å². The topological polar surface area (TPSA) is 62.7 Å². The average Bonchev–Trinajstić information content (AvgIpc) is 2.26. The monoisotopic (exact) mass is 224 g/mol. The summed E-state index contributed by atoms with van der Waals surface area (Å²) in [6.07, 6.45) is 0.139. The Morgan fingerprint density at radius 1 is 1.56 bits per heavy atom. The third-order valence-electron chi connectivity index (χ3n) is 2.13. The molecule has 5 heteroatoms. The lowest BCUT2D eigenvalue weighted by Crippen LogP contribution is -2.21. The van der Waals surface area contributed by atoms with Crippen molar-refractivity contribution in [1.82, 2.24) is 9.88 Å². The molecule has 0 aliphatic rings. The minimum absolute atomic E-state index is 0.139. The Balaban J connectivity index is 2.48. The number of carboxylic acid groups (broad SMARTS) is 1. The second-order valence-corrected chi connectivity index (χ2v) is 3.55. The number of hydrogen-bond acceptors (Lipinski definition) is 4. The number of rotatable bonds is 6. The van der Waals surface area contributed by atoms with Gasteiger partial charge in [-0.3, -0.25) is 9.69 Å². The smallest absolute Gasteiger partial charge is 0.304 e. The van der Waals surface area contributed by atoms with Crippen molar-refractivity contribution in [2.24, 2.45) is 0 Å². The molecule has 0 atom stereocenters. The minimum atomic E-state index is -0.787. The highest BCUT2D eigenvalue weighted by Crippen LogP contribution is 2.08. The van der Waals surface area contributed by atoms with E-state index in [9.17, 15) is 4.79 Å². The van der Waals surface area contributed by atoms with Crippen LogP contribution in [0, 0.1) is 0 Å². The van der Waals surface area contributed by atoms with Crippen molar-refractivity contribution in [2.45, 2.75) is 13.0 Å². The molecule has 5 nitrogen and oxygen atoms in total. The molecule has 0 aromatic carbocycles. The highest BCUT2D eigenvalue weighted by molar-refractivity contribution is 5.66. The van der Waals surface area contributed by atoms with Crippen molar-refractivity contribution in [3.05, 3.63) is 23.9 Å². The predicted octanol–water partition coefficient (Wildman–Crippen LogP) is 0.997. The Kier molecular flexibility index (Phi) is 4.72. The van der Waals surface area contributed by atoms with Crippen LogP contribution in [0.1, 0.15) is 12.1 Å². The zero-order valence-corrected chi connectivity index (χ0v) is 9.51. The number of carbonyl (C=O) groups is 1. The van der Waals surface area contributed by atoms with E-state index in [1.807, 2.05) is 24.1 Å². The van der Waals surface area contributed by atoms with Gasteiger partial charge >= 0.3 is 5.97 Å². The average molecular weight is 224 g/mol. The molecule has 1 aromatic rings. The molecule has 0 bridgehead atoms. The molecule has 1 heterocycles. The summed E-state index contributed by atoms with van der Waals surface area (Å²) in [5.41, 5.74) is 0.868. The van der Waals surface area contributed by atoms with Crippen molar-refractivity contribution in [3.63, 3.8) is 0 Å². The maximum absolute atomic E-state index is 10.4. The van der Waals surface area contributed by atoms with Crippen LogP contribution in [-0.4, -0.2) is 41.7 Å². The van der Waals surface area contributed by atoms with Gasteiger partial charge in [0.15, 0.2) is 0 Å². The van der Waals surface area contributed by atoms with Crippen molar-refractivity contribution in [2.75, 3.05) is 20.7 Å². The van der Waals surface area contributed by atoms with Crippen LogP contribution in [0.15, 0.2) is 18.2 Å². The molecule has 16 heavy (non-hydrogen) atoms. The molecular formula is C11H16N2O3. The summed E-state index contributed by atoms with van der Waals surface area (Å²) in [6, 6.07) is 5.53. The molecule has 1 N–H and O–H groups in total. The number of aromatic nitrogens is 1. The van der Waals surface area contributed by atoms with Gasteiger partial charge in [0.25, 0.3) is 0 Å². The lowest BCUT2D eigenvalue weighted by Gasteiger charge is -2.14. The van der Waals surface area contributed by atoms with E-state index in [4.69, 9.17) is 9.84 Å². The Hall–Kier alpha value is -1.62. The molecule has 0 radical (unpaired) electrons. The van der Waals surface area contributed by atoms with Gasteiger partial charge in [0.1, 0.15) is 0 Å². The van der Waals surface area contributed by atoms with Gasteiger partial charge in [-0.05, 0) is 13.1 Å². The van der Waals surface area contributed by atoms with E-state index in [-0.39, 0.29) is 6.42 Å². The summed E-state index contributed by atoms with van der Waals surface area (Å²) < 4.78 is 5.01. The van der Waals surface area contributed by atoms with Crippen LogP contribution in [0.25, 0.3) is 0 Å². The van der Waals surface area contributed by atoms with Crippen LogP contribution in [-0.2, 0) is 11.3 Å². The molecule has 0 amide bonds. The number of pyridine rings is 1. The Bertz CT molecular complexity index is 355. The minimum Gasteiger partial charge on any atom is -0.481 e. The largest absolute Gasteiger partial charge is 0.481 e. The first-order valence-corrected chi connectivity index (χ1v) is 5.02. The molecule has 0 unspecified atom stereocenters. The maximum Gasteiger partial charge on any atom is 0.304 e. The lowest BCUT2D eigenvalue weighted by molar-refractivity contribution is -0.137. The predicted molar refractivity (Wildman–Crippen MR) is 59.4 cm³/mol. The molecule has 0 aliphatic heterocycles. The molecule has 1 aromatic heterocycles. The zero-order chi connectivity index (χ0) is 12.0. The first kappa shape index (κ1) is 12.4. The third kappa shape index (κ3) is 4.27. The van der Waals surface area contributed by atoms with E-state index < -0.39 is 5.97 Å². The van der Waals surface area contributed by atoms with E-state index in [1.54, 1.807) is 13.2 Å². The Morgan fingerprint density at radius 3 is 2.94 bits per heavy atom. The van der Waals surface area contributed by atoms with Crippen molar-refractivity contribution in [1.29, 1.82) is 0 Å². The van der Waals surface area contributed by atoms with Crippen LogP contribution < -0.4 is 4.74 Å². The van der Waals surface area contributed by atoms with Crippen molar-refractivity contribution in [3.8, 4) is 5.88 Å². The first-order valence-electron chi connectivity index (χ1n) is 5.02. The number of nitrogens with zero attached hydrogens (tertiary/aromatic N) is 2. The van der Waals surface area contributed by atoms with Crippen LogP contribution in [0.5, 0.6) is 5.88 Å². The standard InChI is InChI=1S/C11H16N2O3/c1-13(7-6-11(14)15)8-9-4-3-5-10(12-9)16-2/h3-5H,6-8H2,1-2H3,(H,14,15). The molecule has 0 saturated carbocycles.